The number of carbonyl (C=O) groups excluding carboxylic acids is 1. The molecule has 6 heteroatoms. The zero-order valence-corrected chi connectivity index (χ0v) is 15.4. The third-order valence-corrected chi connectivity index (χ3v) is 5.36. The number of aromatic nitrogens is 2. The Bertz CT molecular complexity index is 795. The maximum atomic E-state index is 13.3. The highest BCUT2D eigenvalue weighted by atomic mass is 16.7. The number of hydrogen-bond donors (Lipinski definition) is 0. The Hall–Kier alpha value is -2.18. The van der Waals surface area contributed by atoms with Gasteiger partial charge in [0.15, 0.2) is 6.29 Å². The van der Waals surface area contributed by atoms with Crippen LogP contribution in [0, 0.1) is 13.8 Å². The maximum Gasteiger partial charge on any atom is 0.257 e. The molecule has 1 amide bonds. The first-order valence-corrected chi connectivity index (χ1v) is 9.31. The Morgan fingerprint density at radius 3 is 2.69 bits per heavy atom. The molecule has 138 valence electrons. The van der Waals surface area contributed by atoms with Crippen LogP contribution < -0.4 is 0 Å². The van der Waals surface area contributed by atoms with E-state index in [1.54, 1.807) is 6.20 Å². The quantitative estimate of drug-likeness (QED) is 0.850. The van der Waals surface area contributed by atoms with Crippen LogP contribution in [0.4, 0.5) is 0 Å². The van der Waals surface area contributed by atoms with E-state index in [1.807, 2.05) is 47.7 Å². The van der Waals surface area contributed by atoms with Gasteiger partial charge in [-0.15, -0.1) is 0 Å². The molecule has 2 aliphatic rings. The summed E-state index contributed by atoms with van der Waals surface area (Å²) in [5.41, 5.74) is 3.64. The molecule has 4 rings (SSSR count). The minimum absolute atomic E-state index is 0.0139. The Balaban J connectivity index is 1.62. The molecule has 0 N–H and O–H groups in total. The number of benzene rings is 1. The van der Waals surface area contributed by atoms with Gasteiger partial charge in [0.1, 0.15) is 0 Å². The van der Waals surface area contributed by atoms with Gasteiger partial charge >= 0.3 is 0 Å². The molecule has 0 aliphatic carbocycles. The highest BCUT2D eigenvalue weighted by Gasteiger charge is 2.37. The number of rotatable bonds is 3. The summed E-state index contributed by atoms with van der Waals surface area (Å²) in [7, 11) is 0. The summed E-state index contributed by atoms with van der Waals surface area (Å²) in [6, 6.07) is 8.05. The van der Waals surface area contributed by atoms with Crippen LogP contribution in [0.3, 0.4) is 0 Å². The molecule has 2 fully saturated rings. The lowest BCUT2D eigenvalue weighted by molar-refractivity contribution is -0.100. The summed E-state index contributed by atoms with van der Waals surface area (Å²) in [6.07, 6.45) is 4.41. The van der Waals surface area contributed by atoms with E-state index in [2.05, 4.69) is 5.10 Å². The van der Waals surface area contributed by atoms with Crippen molar-refractivity contribution in [3.05, 3.63) is 47.3 Å². The maximum absolute atomic E-state index is 13.3. The van der Waals surface area contributed by atoms with Gasteiger partial charge in [0.2, 0.25) is 0 Å². The number of piperidine rings is 1. The molecule has 3 heterocycles. The van der Waals surface area contributed by atoms with E-state index in [4.69, 9.17) is 9.47 Å². The molecule has 26 heavy (non-hydrogen) atoms. The molecule has 0 radical (unpaired) electrons. The van der Waals surface area contributed by atoms with E-state index in [9.17, 15) is 4.79 Å². The van der Waals surface area contributed by atoms with E-state index in [-0.39, 0.29) is 18.2 Å². The fourth-order valence-corrected chi connectivity index (χ4v) is 3.91. The normalized spacial score (nSPS) is 21.3. The second kappa shape index (κ2) is 7.21. The molecule has 2 aliphatic heterocycles. The van der Waals surface area contributed by atoms with Gasteiger partial charge in [0.25, 0.3) is 5.91 Å². The van der Waals surface area contributed by atoms with Crippen LogP contribution in [-0.4, -0.2) is 52.7 Å². The number of nitrogens with zero attached hydrogens (tertiary/aromatic N) is 3. The van der Waals surface area contributed by atoms with E-state index in [0.717, 1.165) is 42.8 Å². The zero-order valence-electron chi connectivity index (χ0n) is 15.4. The number of aryl methyl sites for hydroxylation is 1. The van der Waals surface area contributed by atoms with Crippen molar-refractivity contribution in [1.82, 2.24) is 14.7 Å². The topological polar surface area (TPSA) is 56.6 Å². The van der Waals surface area contributed by atoms with Crippen molar-refractivity contribution < 1.29 is 14.3 Å². The highest BCUT2D eigenvalue weighted by Crippen LogP contribution is 2.27. The average molecular weight is 355 g/mol. The Morgan fingerprint density at radius 1 is 1.15 bits per heavy atom. The molecule has 1 atom stereocenters. The molecule has 0 spiro atoms. The fourth-order valence-electron chi connectivity index (χ4n) is 3.91. The summed E-state index contributed by atoms with van der Waals surface area (Å²) < 4.78 is 13.2. The van der Waals surface area contributed by atoms with Gasteiger partial charge in [-0.05, 0) is 44.7 Å². The van der Waals surface area contributed by atoms with E-state index in [1.165, 1.54) is 0 Å². The summed E-state index contributed by atoms with van der Waals surface area (Å²) in [5.74, 6) is 0.0196. The van der Waals surface area contributed by atoms with Gasteiger partial charge in [0, 0.05) is 6.54 Å². The minimum Gasteiger partial charge on any atom is -0.348 e. The molecule has 6 nitrogen and oxygen atoms in total. The van der Waals surface area contributed by atoms with Crippen LogP contribution in [0.25, 0.3) is 5.69 Å². The van der Waals surface area contributed by atoms with Gasteiger partial charge in [0.05, 0.1) is 42.4 Å². The Morgan fingerprint density at radius 2 is 1.92 bits per heavy atom. The van der Waals surface area contributed by atoms with Crippen molar-refractivity contribution in [2.75, 3.05) is 19.8 Å². The number of ether oxygens (including phenoxy) is 2. The number of hydrogen-bond acceptors (Lipinski definition) is 4. The number of carbonyl (C=O) groups is 1. The smallest absolute Gasteiger partial charge is 0.257 e. The van der Waals surface area contributed by atoms with Crippen molar-refractivity contribution >= 4 is 5.91 Å². The van der Waals surface area contributed by atoms with Crippen molar-refractivity contribution in [1.29, 1.82) is 0 Å². The van der Waals surface area contributed by atoms with Crippen LogP contribution in [-0.2, 0) is 9.47 Å². The summed E-state index contributed by atoms with van der Waals surface area (Å²) >= 11 is 0. The largest absolute Gasteiger partial charge is 0.348 e. The SMILES string of the molecule is Cc1ccccc1-n1ncc(C(=O)N2CCCCC2C2OCCO2)c1C. The molecule has 1 unspecified atom stereocenters. The van der Waals surface area contributed by atoms with Crippen LogP contribution in [0.5, 0.6) is 0 Å². The lowest BCUT2D eigenvalue weighted by Crippen LogP contribution is -2.50. The van der Waals surface area contributed by atoms with Crippen LogP contribution >= 0.6 is 0 Å². The molecule has 1 aromatic heterocycles. The lowest BCUT2D eigenvalue weighted by atomic mass is 10.0. The molecule has 2 saturated heterocycles. The highest BCUT2D eigenvalue weighted by molar-refractivity contribution is 5.95. The predicted molar refractivity (Wildman–Crippen MR) is 97.4 cm³/mol. The van der Waals surface area contributed by atoms with Gasteiger partial charge in [-0.2, -0.15) is 5.10 Å². The van der Waals surface area contributed by atoms with Gasteiger partial charge in [-0.3, -0.25) is 4.79 Å². The second-order valence-electron chi connectivity index (χ2n) is 7.01. The Kier molecular flexibility index (Phi) is 4.78. The summed E-state index contributed by atoms with van der Waals surface area (Å²) in [4.78, 5) is 15.2. The summed E-state index contributed by atoms with van der Waals surface area (Å²) in [5, 5.41) is 4.49. The molecular weight excluding hydrogens is 330 g/mol. The molecular formula is C20H25N3O3. The summed E-state index contributed by atoms with van der Waals surface area (Å²) in [6.45, 7) is 5.95. The molecule has 2 aromatic rings. The van der Waals surface area contributed by atoms with E-state index >= 15 is 0 Å². The minimum atomic E-state index is -0.300. The average Bonchev–Trinajstić information content (AvgIpc) is 3.32. The van der Waals surface area contributed by atoms with Crippen molar-refractivity contribution in [2.24, 2.45) is 0 Å². The number of amides is 1. The molecule has 1 aromatic carbocycles. The molecule has 0 bridgehead atoms. The third kappa shape index (κ3) is 3.04. The van der Waals surface area contributed by atoms with Crippen molar-refractivity contribution in [3.63, 3.8) is 0 Å². The first kappa shape index (κ1) is 17.2. The van der Waals surface area contributed by atoms with Crippen molar-refractivity contribution in [3.8, 4) is 5.69 Å². The monoisotopic (exact) mass is 355 g/mol. The third-order valence-electron chi connectivity index (χ3n) is 5.36. The number of likely N-dealkylation sites (tertiary alicyclic amines) is 1. The van der Waals surface area contributed by atoms with Crippen LogP contribution in [0.2, 0.25) is 0 Å². The second-order valence-corrected chi connectivity index (χ2v) is 7.01. The first-order valence-electron chi connectivity index (χ1n) is 9.31. The predicted octanol–water partition coefficient (Wildman–Crippen LogP) is 2.86. The number of para-hydroxylation sites is 1. The lowest BCUT2D eigenvalue weighted by Gasteiger charge is -2.37. The van der Waals surface area contributed by atoms with Crippen LogP contribution in [0.1, 0.15) is 40.9 Å². The van der Waals surface area contributed by atoms with E-state index < -0.39 is 0 Å². The van der Waals surface area contributed by atoms with Gasteiger partial charge < -0.3 is 14.4 Å². The Labute approximate surface area is 153 Å². The standard InChI is InChI=1S/C20H25N3O3/c1-14-7-3-4-8-17(14)23-15(2)16(13-21-23)19(24)22-10-6-5-9-18(22)20-25-11-12-26-20/h3-4,7-8,13,18,20H,5-6,9-12H2,1-2H3. The zero-order chi connectivity index (χ0) is 18.1. The van der Waals surface area contributed by atoms with Crippen LogP contribution in [0.15, 0.2) is 30.5 Å². The first-order chi connectivity index (χ1) is 12.7. The van der Waals surface area contributed by atoms with Crippen molar-refractivity contribution in [2.45, 2.75) is 45.4 Å². The van der Waals surface area contributed by atoms with Gasteiger partial charge in [-0.25, -0.2) is 4.68 Å². The fraction of sp³-hybridized carbons (Fsp3) is 0.500. The van der Waals surface area contributed by atoms with Gasteiger partial charge in [-0.1, -0.05) is 18.2 Å². The molecule has 0 saturated carbocycles. The van der Waals surface area contributed by atoms with E-state index in [0.29, 0.717) is 18.8 Å².